The Balaban J connectivity index is 0.000000146. The molecule has 1 N–H and O–H groups in total. The number of carbonyl (C=O) groups is 1. The van der Waals surface area contributed by atoms with E-state index in [0.29, 0.717) is 11.8 Å². The van der Waals surface area contributed by atoms with Crippen LogP contribution in [0.15, 0.2) is 97.1 Å². The molecule has 0 unspecified atom stereocenters. The van der Waals surface area contributed by atoms with Gasteiger partial charge in [-0.1, -0.05) is 119 Å². The lowest BCUT2D eigenvalue weighted by molar-refractivity contribution is 0.0972. The Morgan fingerprint density at radius 1 is 0.755 bits per heavy atom. The maximum atomic E-state index is 11.6. The van der Waals surface area contributed by atoms with Crippen molar-refractivity contribution in [3.63, 3.8) is 0 Å². The molecule has 0 radical (unpaired) electrons. The van der Waals surface area contributed by atoms with E-state index < -0.39 is 0 Å². The fourth-order valence-electron chi connectivity index (χ4n) is 8.07. The van der Waals surface area contributed by atoms with Crippen molar-refractivity contribution in [3.8, 4) is 0 Å². The lowest BCUT2D eigenvalue weighted by atomic mass is 9.79. The lowest BCUT2D eigenvalue weighted by Gasteiger charge is -2.36. The molecule has 0 amide bonds. The number of aryl methyl sites for hydroxylation is 4. The molecule has 4 aliphatic rings. The van der Waals surface area contributed by atoms with Crippen LogP contribution in [0.3, 0.4) is 0 Å². The molecule has 0 spiro atoms. The summed E-state index contributed by atoms with van der Waals surface area (Å²) in [5.41, 5.74) is 9.57. The molecule has 2 saturated heterocycles. The molecule has 2 fully saturated rings. The third-order valence-corrected chi connectivity index (χ3v) is 10.6. The van der Waals surface area contributed by atoms with Crippen molar-refractivity contribution in [1.29, 1.82) is 0 Å². The van der Waals surface area contributed by atoms with Crippen LogP contribution in [0, 0.1) is 0 Å². The number of Topliss-reactive ketones (excluding diaryl/α,β-unsaturated/α-hetero) is 1. The molecule has 258 valence electrons. The van der Waals surface area contributed by atoms with Crippen molar-refractivity contribution >= 4 is 12.8 Å². The highest BCUT2D eigenvalue weighted by Crippen LogP contribution is 2.48. The van der Waals surface area contributed by atoms with Gasteiger partial charge in [0, 0.05) is 18.0 Å². The fraction of sp³-hybridized carbons (Fsp3) is 0.432. The number of aliphatic hydroxyl groups is 1. The first-order valence-electron chi connectivity index (χ1n) is 18.9. The summed E-state index contributed by atoms with van der Waals surface area (Å²) in [6.45, 7) is 11.6. The van der Waals surface area contributed by atoms with Gasteiger partial charge in [-0.25, -0.2) is 0 Å². The van der Waals surface area contributed by atoms with Crippen molar-refractivity contribution in [1.82, 2.24) is 4.81 Å². The number of fused-ring (bicyclic) bond motifs is 3. The van der Waals surface area contributed by atoms with Gasteiger partial charge in [0.15, 0.2) is 5.78 Å². The summed E-state index contributed by atoms with van der Waals surface area (Å²) in [6, 6.07) is 34.7. The zero-order valence-corrected chi connectivity index (χ0v) is 30.5. The second-order valence-corrected chi connectivity index (χ2v) is 13.5. The van der Waals surface area contributed by atoms with Crippen molar-refractivity contribution in [2.45, 2.75) is 116 Å². The molecule has 0 saturated carbocycles. The molecule has 0 bridgehead atoms. The van der Waals surface area contributed by atoms with Gasteiger partial charge in [0.25, 0.3) is 0 Å². The molecule has 2 atom stereocenters. The van der Waals surface area contributed by atoms with E-state index in [1.807, 2.05) is 13.8 Å². The number of carbonyl (C=O) groups excluding carboxylic acids is 1. The summed E-state index contributed by atoms with van der Waals surface area (Å²) < 4.78 is 6.61. The number of nitrogens with zero attached hydrogens (tertiary/aromatic N) is 1. The van der Waals surface area contributed by atoms with Gasteiger partial charge in [0.2, 0.25) is 0 Å². The fourth-order valence-corrected chi connectivity index (χ4v) is 8.07. The highest BCUT2D eigenvalue weighted by Gasteiger charge is 2.56. The van der Waals surface area contributed by atoms with Crippen molar-refractivity contribution < 1.29 is 14.6 Å². The molecule has 2 heterocycles. The standard InChI is InChI=1S/C18H20BNO.C12H16O.C12H14O.C2H6/c1-19-20-14-8-13-17(20)18(21-19,15-9-4-2-5-10-15)16-11-6-3-7-12-16;2*1-2-9-6-7-10-4-3-5-12(13)11(10)8-9;1-2/h2-7,9-12,17H,8,13-14H2,1H3;6-8,12-13H,2-5H2,1H3;6-8H,2-5H2,1H3;1-2H3/t17-;12-;;/m01../s1. The minimum absolute atomic E-state index is 0.179. The Morgan fingerprint density at radius 2 is 1.35 bits per heavy atom. The number of aliphatic hydroxyl groups excluding tert-OH is 1. The minimum atomic E-state index is -0.321. The molecule has 4 aromatic carbocycles. The number of ketones is 1. The van der Waals surface area contributed by atoms with Crippen LogP contribution in [0.1, 0.15) is 122 Å². The quantitative estimate of drug-likeness (QED) is 0.222. The molecular weight excluding hydrogens is 601 g/mol. The topological polar surface area (TPSA) is 49.8 Å². The zero-order valence-electron chi connectivity index (χ0n) is 30.5. The molecule has 4 nitrogen and oxygen atoms in total. The summed E-state index contributed by atoms with van der Waals surface area (Å²) in [5, 5.41) is 9.78. The highest BCUT2D eigenvalue weighted by molar-refractivity contribution is 6.48. The predicted molar refractivity (Wildman–Crippen MR) is 204 cm³/mol. The smallest absolute Gasteiger partial charge is 0.380 e. The maximum absolute atomic E-state index is 11.6. The van der Waals surface area contributed by atoms with Gasteiger partial charge >= 0.3 is 7.05 Å². The minimum Gasteiger partial charge on any atom is -0.406 e. The zero-order chi connectivity index (χ0) is 34.8. The summed E-state index contributed by atoms with van der Waals surface area (Å²) in [6.07, 6.45) is 10.3. The van der Waals surface area contributed by atoms with Crippen LogP contribution in [0.25, 0.3) is 0 Å². The molecule has 2 aliphatic heterocycles. The molecule has 8 rings (SSSR count). The van der Waals surface area contributed by atoms with E-state index in [0.717, 1.165) is 63.5 Å². The summed E-state index contributed by atoms with van der Waals surface area (Å²) in [5.74, 6) is 0.330. The van der Waals surface area contributed by atoms with Gasteiger partial charge in [0.05, 0.1) is 6.10 Å². The largest absolute Gasteiger partial charge is 0.406 e. The molecule has 2 aliphatic carbocycles. The van der Waals surface area contributed by atoms with E-state index in [-0.39, 0.29) is 18.8 Å². The second-order valence-electron chi connectivity index (χ2n) is 13.5. The van der Waals surface area contributed by atoms with Crippen molar-refractivity contribution in [2.24, 2.45) is 0 Å². The number of benzene rings is 4. The Kier molecular flexibility index (Phi) is 13.1. The Bertz CT molecular complexity index is 1600. The van der Waals surface area contributed by atoms with Gasteiger partial charge in [-0.2, -0.15) is 0 Å². The van der Waals surface area contributed by atoms with E-state index in [1.54, 1.807) is 0 Å². The lowest BCUT2D eigenvalue weighted by Crippen LogP contribution is -2.41. The third-order valence-electron chi connectivity index (χ3n) is 10.6. The Morgan fingerprint density at radius 3 is 1.98 bits per heavy atom. The SMILES string of the molecule is CB1OC(c2ccccc2)(c2ccccc2)[C@@H]2CCCN12.CC.CCc1ccc2c(c1)C(=O)CCC2.CCc1ccc2c(c1)[C@H](O)CCC2. The number of rotatable bonds is 4. The summed E-state index contributed by atoms with van der Waals surface area (Å²) >= 11 is 0. The van der Waals surface area contributed by atoms with Crippen LogP contribution in [0.5, 0.6) is 0 Å². The van der Waals surface area contributed by atoms with Gasteiger partial charge in [-0.15, -0.1) is 0 Å². The average Bonchev–Trinajstić information content (AvgIpc) is 3.77. The second kappa shape index (κ2) is 17.4. The van der Waals surface area contributed by atoms with Crippen LogP contribution in [0.2, 0.25) is 6.82 Å². The van der Waals surface area contributed by atoms with E-state index in [1.165, 1.54) is 51.8 Å². The Labute approximate surface area is 296 Å². The van der Waals surface area contributed by atoms with Gasteiger partial charge in [0.1, 0.15) is 5.60 Å². The number of hydrogen-bond donors (Lipinski definition) is 1. The molecule has 49 heavy (non-hydrogen) atoms. The van der Waals surface area contributed by atoms with E-state index >= 15 is 0 Å². The molecular formula is C44H56BNO3. The first-order valence-corrected chi connectivity index (χ1v) is 18.9. The monoisotopic (exact) mass is 657 g/mol. The van der Waals surface area contributed by atoms with Crippen molar-refractivity contribution in [3.05, 3.63) is 142 Å². The highest BCUT2D eigenvalue weighted by atomic mass is 16.5. The Hall–Kier alpha value is -3.51. The van der Waals surface area contributed by atoms with Crippen molar-refractivity contribution in [2.75, 3.05) is 6.54 Å². The van der Waals surface area contributed by atoms with Gasteiger partial charge < -0.3 is 14.6 Å². The van der Waals surface area contributed by atoms with E-state index in [4.69, 9.17) is 4.65 Å². The summed E-state index contributed by atoms with van der Waals surface area (Å²) in [4.78, 5) is 14.1. The molecule has 5 heteroatoms. The first-order chi connectivity index (χ1) is 23.9. The average molecular weight is 658 g/mol. The van der Waals surface area contributed by atoms with E-state index in [9.17, 15) is 9.90 Å². The predicted octanol–water partition coefficient (Wildman–Crippen LogP) is 9.96. The molecule has 0 aromatic heterocycles. The first kappa shape index (κ1) is 36.8. The number of hydrogen-bond acceptors (Lipinski definition) is 4. The molecule has 4 aromatic rings. The van der Waals surface area contributed by atoms with Crippen LogP contribution in [-0.4, -0.2) is 35.3 Å². The van der Waals surface area contributed by atoms with Gasteiger partial charge in [-0.3, -0.25) is 4.79 Å². The van der Waals surface area contributed by atoms with Crippen LogP contribution < -0.4 is 0 Å². The normalized spacial score (nSPS) is 20.3. The van der Waals surface area contributed by atoms with Crippen LogP contribution >= 0.6 is 0 Å². The van der Waals surface area contributed by atoms with Crippen LogP contribution in [-0.2, 0) is 35.9 Å². The van der Waals surface area contributed by atoms with Gasteiger partial charge in [-0.05, 0) is 116 Å². The van der Waals surface area contributed by atoms with Crippen LogP contribution in [0.4, 0.5) is 0 Å². The maximum Gasteiger partial charge on any atom is 0.380 e. The van der Waals surface area contributed by atoms with E-state index in [2.05, 4.69) is 123 Å². The third kappa shape index (κ3) is 8.12. The summed E-state index contributed by atoms with van der Waals surface area (Å²) in [7, 11) is 0.179.